The molecular formula is C22H20N2O6S. The molecule has 160 valence electrons. The Labute approximate surface area is 180 Å². The topological polar surface area (TPSA) is 94.2 Å². The number of hydrogen-bond donors (Lipinski definition) is 1. The molecule has 0 fully saturated rings. The number of amides is 1. The summed E-state index contributed by atoms with van der Waals surface area (Å²) >= 11 is 0. The molecule has 9 heteroatoms. The molecule has 31 heavy (non-hydrogen) atoms. The van der Waals surface area contributed by atoms with Crippen molar-refractivity contribution in [3.63, 3.8) is 0 Å². The zero-order chi connectivity index (χ0) is 22.0. The maximum Gasteiger partial charge on any atom is 0.264 e. The van der Waals surface area contributed by atoms with E-state index >= 15 is 0 Å². The highest BCUT2D eigenvalue weighted by Crippen LogP contribution is 2.34. The van der Waals surface area contributed by atoms with Gasteiger partial charge in [0.25, 0.3) is 15.9 Å². The second-order valence-corrected chi connectivity index (χ2v) is 8.69. The lowest BCUT2D eigenvalue weighted by Crippen LogP contribution is -2.26. The molecule has 1 N–H and O–H groups in total. The van der Waals surface area contributed by atoms with Gasteiger partial charge in [0, 0.05) is 24.4 Å². The monoisotopic (exact) mass is 440 g/mol. The number of sulfonamides is 1. The third-order valence-corrected chi connectivity index (χ3v) is 6.64. The quantitative estimate of drug-likeness (QED) is 0.631. The number of methoxy groups -OCH3 is 1. The van der Waals surface area contributed by atoms with Crippen LogP contribution >= 0.6 is 0 Å². The van der Waals surface area contributed by atoms with Gasteiger partial charge in [0.05, 0.1) is 17.7 Å². The molecule has 1 aliphatic heterocycles. The Morgan fingerprint density at radius 2 is 1.65 bits per heavy atom. The Kier molecular flexibility index (Phi) is 5.43. The third kappa shape index (κ3) is 4.13. The number of fused-ring (bicyclic) bond motifs is 1. The summed E-state index contributed by atoms with van der Waals surface area (Å²) in [6.45, 7) is 0.154. The van der Waals surface area contributed by atoms with Crippen LogP contribution in [0.2, 0.25) is 0 Å². The van der Waals surface area contributed by atoms with Crippen molar-refractivity contribution in [2.24, 2.45) is 0 Å². The SMILES string of the molecule is COc1ccc(S(=O)(=O)N(C)c2ccc(C(=O)Nc3ccc4c(c3)OCO4)cc2)cc1. The van der Waals surface area contributed by atoms with Gasteiger partial charge in [0.15, 0.2) is 11.5 Å². The first-order valence-electron chi connectivity index (χ1n) is 9.32. The lowest BCUT2D eigenvalue weighted by molar-refractivity contribution is 0.102. The first-order chi connectivity index (χ1) is 14.9. The maximum absolute atomic E-state index is 12.9. The van der Waals surface area contributed by atoms with Crippen LogP contribution in [0, 0.1) is 0 Å². The van der Waals surface area contributed by atoms with Crippen LogP contribution in [0.4, 0.5) is 11.4 Å². The van der Waals surface area contributed by atoms with Crippen molar-refractivity contribution in [2.75, 3.05) is 30.6 Å². The van der Waals surface area contributed by atoms with E-state index in [0.717, 1.165) is 4.31 Å². The average molecular weight is 440 g/mol. The predicted molar refractivity (Wildman–Crippen MR) is 116 cm³/mol. The molecule has 3 aromatic carbocycles. The molecule has 3 aromatic rings. The molecule has 1 amide bonds. The number of ether oxygens (including phenoxy) is 3. The summed E-state index contributed by atoms with van der Waals surface area (Å²) in [6, 6.07) is 17.6. The van der Waals surface area contributed by atoms with Crippen molar-refractivity contribution in [3.05, 3.63) is 72.3 Å². The zero-order valence-electron chi connectivity index (χ0n) is 16.9. The number of benzene rings is 3. The molecule has 0 saturated heterocycles. The van der Waals surface area contributed by atoms with Gasteiger partial charge in [0.1, 0.15) is 5.75 Å². The van der Waals surface area contributed by atoms with E-state index in [1.54, 1.807) is 54.6 Å². The smallest absolute Gasteiger partial charge is 0.264 e. The van der Waals surface area contributed by atoms with Crippen LogP contribution in [0.15, 0.2) is 71.6 Å². The zero-order valence-corrected chi connectivity index (χ0v) is 17.7. The largest absolute Gasteiger partial charge is 0.497 e. The number of carbonyl (C=O) groups is 1. The first-order valence-corrected chi connectivity index (χ1v) is 10.8. The number of carbonyl (C=O) groups excluding carboxylic acids is 1. The maximum atomic E-state index is 12.9. The summed E-state index contributed by atoms with van der Waals surface area (Å²) < 4.78 is 42.5. The lowest BCUT2D eigenvalue weighted by atomic mass is 10.2. The fourth-order valence-electron chi connectivity index (χ4n) is 3.04. The van der Waals surface area contributed by atoms with Gasteiger partial charge in [-0.3, -0.25) is 9.10 Å². The van der Waals surface area contributed by atoms with E-state index in [-0.39, 0.29) is 17.6 Å². The molecule has 0 aromatic heterocycles. The van der Waals surface area contributed by atoms with Crippen molar-refractivity contribution in [1.82, 2.24) is 0 Å². The Morgan fingerprint density at radius 1 is 0.968 bits per heavy atom. The molecule has 0 aliphatic carbocycles. The van der Waals surface area contributed by atoms with Crippen LogP contribution in [0.3, 0.4) is 0 Å². The van der Waals surface area contributed by atoms with Crippen molar-refractivity contribution in [2.45, 2.75) is 4.90 Å². The van der Waals surface area contributed by atoms with E-state index < -0.39 is 10.0 Å². The summed E-state index contributed by atoms with van der Waals surface area (Å²) in [7, 11) is -0.780. The highest BCUT2D eigenvalue weighted by atomic mass is 32.2. The van der Waals surface area contributed by atoms with Gasteiger partial charge in [-0.15, -0.1) is 0 Å². The number of nitrogens with zero attached hydrogens (tertiary/aromatic N) is 1. The summed E-state index contributed by atoms with van der Waals surface area (Å²) in [4.78, 5) is 12.7. The number of hydrogen-bond acceptors (Lipinski definition) is 6. The van der Waals surface area contributed by atoms with Gasteiger partial charge in [0.2, 0.25) is 6.79 Å². The van der Waals surface area contributed by atoms with Crippen LogP contribution in [0.1, 0.15) is 10.4 Å². The molecule has 0 saturated carbocycles. The van der Waals surface area contributed by atoms with Crippen LogP contribution < -0.4 is 23.8 Å². The summed E-state index contributed by atoms with van der Waals surface area (Å²) in [5.74, 6) is 1.44. The third-order valence-electron chi connectivity index (χ3n) is 4.84. The molecule has 0 spiro atoms. The normalized spacial score (nSPS) is 12.3. The predicted octanol–water partition coefficient (Wildman–Crippen LogP) is 3.50. The van der Waals surface area contributed by atoms with E-state index in [9.17, 15) is 13.2 Å². The Morgan fingerprint density at radius 3 is 2.32 bits per heavy atom. The van der Waals surface area contributed by atoms with Crippen molar-refractivity contribution < 1.29 is 27.4 Å². The van der Waals surface area contributed by atoms with E-state index in [1.165, 1.54) is 26.3 Å². The van der Waals surface area contributed by atoms with Crippen molar-refractivity contribution >= 4 is 27.3 Å². The molecule has 0 atom stereocenters. The first kappa shape index (κ1) is 20.5. The Bertz CT molecular complexity index is 1210. The fraction of sp³-hybridized carbons (Fsp3) is 0.136. The van der Waals surface area contributed by atoms with Gasteiger partial charge in [-0.1, -0.05) is 0 Å². The number of anilines is 2. The highest BCUT2D eigenvalue weighted by molar-refractivity contribution is 7.92. The van der Waals surface area contributed by atoms with Crippen molar-refractivity contribution in [1.29, 1.82) is 0 Å². The van der Waals surface area contributed by atoms with E-state index in [0.29, 0.717) is 34.2 Å². The minimum Gasteiger partial charge on any atom is -0.497 e. The van der Waals surface area contributed by atoms with E-state index in [4.69, 9.17) is 14.2 Å². The molecule has 8 nitrogen and oxygen atoms in total. The molecule has 1 heterocycles. The lowest BCUT2D eigenvalue weighted by Gasteiger charge is -2.20. The second-order valence-electron chi connectivity index (χ2n) is 6.72. The van der Waals surface area contributed by atoms with Crippen LogP contribution in [-0.2, 0) is 10.0 Å². The molecule has 0 bridgehead atoms. The molecule has 0 radical (unpaired) electrons. The molecule has 1 aliphatic rings. The minimum absolute atomic E-state index is 0.139. The highest BCUT2D eigenvalue weighted by Gasteiger charge is 2.22. The van der Waals surface area contributed by atoms with Crippen molar-refractivity contribution in [3.8, 4) is 17.2 Å². The van der Waals surface area contributed by atoms with Crippen LogP contribution in [0.5, 0.6) is 17.2 Å². The van der Waals surface area contributed by atoms with Gasteiger partial charge in [-0.05, 0) is 60.7 Å². The Balaban J connectivity index is 1.48. The van der Waals surface area contributed by atoms with Gasteiger partial charge < -0.3 is 19.5 Å². The van der Waals surface area contributed by atoms with Gasteiger partial charge in [-0.2, -0.15) is 0 Å². The molecule has 0 unspecified atom stereocenters. The molecule has 4 rings (SSSR count). The standard InChI is InChI=1S/C22H20N2O6S/c1-24(31(26,27)19-10-8-18(28-2)9-11-19)17-6-3-15(4-7-17)22(25)23-16-5-12-20-21(13-16)30-14-29-20/h3-13H,14H2,1-2H3,(H,23,25). The van der Waals surface area contributed by atoms with E-state index in [2.05, 4.69) is 5.32 Å². The van der Waals surface area contributed by atoms with Gasteiger partial charge in [-0.25, -0.2) is 8.42 Å². The minimum atomic E-state index is -3.75. The number of rotatable bonds is 6. The van der Waals surface area contributed by atoms with Crippen LogP contribution in [-0.4, -0.2) is 35.3 Å². The van der Waals surface area contributed by atoms with E-state index in [1.807, 2.05) is 0 Å². The number of nitrogens with one attached hydrogen (secondary N) is 1. The summed E-state index contributed by atoms with van der Waals surface area (Å²) in [5.41, 5.74) is 1.38. The fourth-order valence-corrected chi connectivity index (χ4v) is 4.24. The van der Waals surface area contributed by atoms with Crippen LogP contribution in [0.25, 0.3) is 0 Å². The summed E-state index contributed by atoms with van der Waals surface area (Å²) in [5, 5.41) is 2.79. The molecular weight excluding hydrogens is 420 g/mol. The summed E-state index contributed by atoms with van der Waals surface area (Å²) in [6.07, 6.45) is 0. The Hall–Kier alpha value is -3.72. The average Bonchev–Trinajstić information content (AvgIpc) is 3.26. The van der Waals surface area contributed by atoms with Gasteiger partial charge >= 0.3 is 0 Å². The second kappa shape index (κ2) is 8.19.